The van der Waals surface area contributed by atoms with Crippen LogP contribution in [0.3, 0.4) is 0 Å². The van der Waals surface area contributed by atoms with Crippen molar-refractivity contribution in [3.05, 3.63) is 44.8 Å². The average molecular weight is 451 g/mol. The quantitative estimate of drug-likeness (QED) is 0.343. The van der Waals surface area contributed by atoms with Gasteiger partial charge >= 0.3 is 5.97 Å². The molecule has 0 fully saturated rings. The normalized spacial score (nSPS) is 10.7. The molecular weight excluding hydrogens is 424 g/mol. The standard InChI is InChI=1S/C21H26N2O5S2/c1-11-8-12(2)17(13(3)9-11)29-10-15(24)23-20-16(21(26)28-7-6-27-5)14(4)18(30-20)19(22)25/h8-9H,6-7,10H2,1-5H3,(H2,22,25)(H,23,24). The second-order valence-electron chi connectivity index (χ2n) is 6.82. The summed E-state index contributed by atoms with van der Waals surface area (Å²) >= 11 is 2.40. The van der Waals surface area contributed by atoms with Crippen LogP contribution in [-0.2, 0) is 14.3 Å². The van der Waals surface area contributed by atoms with Gasteiger partial charge in [0.1, 0.15) is 11.6 Å². The minimum Gasteiger partial charge on any atom is -0.460 e. The number of carbonyl (C=O) groups excluding carboxylic acids is 3. The van der Waals surface area contributed by atoms with Crippen LogP contribution in [0.4, 0.5) is 5.00 Å². The van der Waals surface area contributed by atoms with Crippen LogP contribution in [0.5, 0.6) is 0 Å². The van der Waals surface area contributed by atoms with E-state index in [-0.39, 0.29) is 40.3 Å². The summed E-state index contributed by atoms with van der Waals surface area (Å²) < 4.78 is 10.0. The first kappa shape index (κ1) is 23.9. The van der Waals surface area contributed by atoms with Crippen molar-refractivity contribution in [2.75, 3.05) is 31.4 Å². The molecule has 30 heavy (non-hydrogen) atoms. The number of amides is 2. The van der Waals surface area contributed by atoms with Gasteiger partial charge in [0.05, 0.1) is 22.8 Å². The molecule has 9 heteroatoms. The fourth-order valence-electron chi connectivity index (χ4n) is 3.07. The molecule has 0 saturated carbocycles. The van der Waals surface area contributed by atoms with Crippen LogP contribution in [0.1, 0.15) is 42.3 Å². The van der Waals surface area contributed by atoms with Gasteiger partial charge in [0, 0.05) is 12.0 Å². The van der Waals surface area contributed by atoms with Crippen molar-refractivity contribution in [1.82, 2.24) is 0 Å². The van der Waals surface area contributed by atoms with Crippen molar-refractivity contribution in [2.24, 2.45) is 5.73 Å². The van der Waals surface area contributed by atoms with Gasteiger partial charge < -0.3 is 20.5 Å². The Morgan fingerprint density at radius 1 is 1.10 bits per heavy atom. The highest BCUT2D eigenvalue weighted by Gasteiger charge is 2.26. The highest BCUT2D eigenvalue weighted by atomic mass is 32.2. The zero-order chi connectivity index (χ0) is 22.4. The zero-order valence-corrected chi connectivity index (χ0v) is 19.3. The second-order valence-corrected chi connectivity index (χ2v) is 8.82. The molecule has 0 unspecified atom stereocenters. The van der Waals surface area contributed by atoms with Crippen molar-refractivity contribution >= 4 is 45.9 Å². The van der Waals surface area contributed by atoms with E-state index in [1.165, 1.54) is 24.4 Å². The molecule has 3 N–H and O–H groups in total. The maximum atomic E-state index is 12.6. The number of anilines is 1. The van der Waals surface area contributed by atoms with Crippen molar-refractivity contribution in [3.63, 3.8) is 0 Å². The summed E-state index contributed by atoms with van der Waals surface area (Å²) in [6, 6.07) is 4.15. The van der Waals surface area contributed by atoms with E-state index in [1.54, 1.807) is 6.92 Å². The van der Waals surface area contributed by atoms with Crippen LogP contribution in [0.2, 0.25) is 0 Å². The van der Waals surface area contributed by atoms with Crippen LogP contribution in [0, 0.1) is 27.7 Å². The first-order valence-electron chi connectivity index (χ1n) is 9.25. The number of hydrogen-bond donors (Lipinski definition) is 2. The predicted octanol–water partition coefficient (Wildman–Crippen LogP) is 3.61. The van der Waals surface area contributed by atoms with Crippen molar-refractivity contribution in [2.45, 2.75) is 32.6 Å². The minimum absolute atomic E-state index is 0.0613. The highest BCUT2D eigenvalue weighted by Crippen LogP contribution is 2.34. The van der Waals surface area contributed by atoms with E-state index in [9.17, 15) is 14.4 Å². The molecule has 0 aliphatic carbocycles. The van der Waals surface area contributed by atoms with Gasteiger partial charge in [-0.3, -0.25) is 9.59 Å². The number of rotatable bonds is 9. The number of primary amides is 1. The van der Waals surface area contributed by atoms with E-state index < -0.39 is 11.9 Å². The summed E-state index contributed by atoms with van der Waals surface area (Å²) in [6.45, 7) is 7.96. The molecule has 2 rings (SSSR count). The molecule has 0 aliphatic rings. The number of ether oxygens (including phenoxy) is 2. The molecule has 0 spiro atoms. The molecule has 0 aliphatic heterocycles. The van der Waals surface area contributed by atoms with Gasteiger partial charge in [-0.15, -0.1) is 23.1 Å². The summed E-state index contributed by atoms with van der Waals surface area (Å²) in [5.41, 5.74) is 9.33. The van der Waals surface area contributed by atoms with Crippen LogP contribution >= 0.6 is 23.1 Å². The molecule has 0 bridgehead atoms. The Hall–Kier alpha value is -2.36. The molecule has 1 aromatic carbocycles. The van der Waals surface area contributed by atoms with Crippen LogP contribution in [0.15, 0.2) is 17.0 Å². The van der Waals surface area contributed by atoms with Gasteiger partial charge in [0.15, 0.2) is 0 Å². The Morgan fingerprint density at radius 3 is 2.30 bits per heavy atom. The number of nitrogens with two attached hydrogens (primary N) is 1. The number of carbonyl (C=O) groups is 3. The monoisotopic (exact) mass is 450 g/mol. The Morgan fingerprint density at radius 2 is 1.73 bits per heavy atom. The summed E-state index contributed by atoms with van der Waals surface area (Å²) in [5, 5.41) is 2.99. The first-order chi connectivity index (χ1) is 14.1. The predicted molar refractivity (Wildman–Crippen MR) is 120 cm³/mol. The lowest BCUT2D eigenvalue weighted by Crippen LogP contribution is -2.17. The SMILES string of the molecule is COCCOC(=O)c1c(NC(=O)CSc2c(C)cc(C)cc2C)sc(C(N)=O)c1C. The summed E-state index contributed by atoms with van der Waals surface area (Å²) in [4.78, 5) is 38.1. The van der Waals surface area contributed by atoms with Crippen LogP contribution < -0.4 is 11.1 Å². The van der Waals surface area contributed by atoms with E-state index in [0.29, 0.717) is 5.56 Å². The molecule has 2 amide bonds. The third kappa shape index (κ3) is 5.84. The van der Waals surface area contributed by atoms with E-state index in [2.05, 4.69) is 17.4 Å². The molecule has 7 nitrogen and oxygen atoms in total. The number of benzene rings is 1. The van der Waals surface area contributed by atoms with Gasteiger partial charge in [-0.25, -0.2) is 4.79 Å². The van der Waals surface area contributed by atoms with Crippen LogP contribution in [0.25, 0.3) is 0 Å². The Balaban J connectivity index is 2.18. The lowest BCUT2D eigenvalue weighted by atomic mass is 10.1. The van der Waals surface area contributed by atoms with Gasteiger partial charge in [-0.1, -0.05) is 17.7 Å². The average Bonchev–Trinajstić information content (AvgIpc) is 2.97. The van der Waals surface area contributed by atoms with Crippen molar-refractivity contribution in [3.8, 4) is 0 Å². The third-order valence-electron chi connectivity index (χ3n) is 4.30. The molecule has 2 aromatic rings. The molecule has 0 saturated heterocycles. The first-order valence-corrected chi connectivity index (χ1v) is 11.1. The maximum absolute atomic E-state index is 12.6. The van der Waals surface area contributed by atoms with Crippen LogP contribution in [-0.4, -0.2) is 43.9 Å². The Bertz CT molecular complexity index is 946. The summed E-state index contributed by atoms with van der Waals surface area (Å²) in [7, 11) is 1.50. The second kappa shape index (κ2) is 10.6. The van der Waals surface area contributed by atoms with Gasteiger partial charge in [0.25, 0.3) is 5.91 Å². The third-order valence-corrected chi connectivity index (χ3v) is 6.86. The van der Waals surface area contributed by atoms with Gasteiger partial charge in [-0.2, -0.15) is 0 Å². The van der Waals surface area contributed by atoms with E-state index in [1.807, 2.05) is 20.8 Å². The molecule has 162 valence electrons. The Labute approximate surface area is 184 Å². The lowest BCUT2D eigenvalue weighted by molar-refractivity contribution is -0.113. The molecule has 0 radical (unpaired) electrons. The topological polar surface area (TPSA) is 108 Å². The summed E-state index contributed by atoms with van der Waals surface area (Å²) in [6.07, 6.45) is 0. The minimum atomic E-state index is -0.663. The number of methoxy groups -OCH3 is 1. The van der Waals surface area contributed by atoms with Gasteiger partial charge in [-0.05, 0) is 44.4 Å². The zero-order valence-electron chi connectivity index (χ0n) is 17.7. The number of nitrogens with one attached hydrogen (secondary N) is 1. The summed E-state index contributed by atoms with van der Waals surface area (Å²) in [5.74, 6) is -1.43. The Kier molecular flexibility index (Phi) is 8.45. The molecule has 0 atom stereocenters. The van der Waals surface area contributed by atoms with E-state index >= 15 is 0 Å². The van der Waals surface area contributed by atoms with Crippen molar-refractivity contribution in [1.29, 1.82) is 0 Å². The molecule has 1 aromatic heterocycles. The number of hydrogen-bond acceptors (Lipinski definition) is 7. The molecule has 1 heterocycles. The number of thioether (sulfide) groups is 1. The van der Waals surface area contributed by atoms with E-state index in [0.717, 1.165) is 27.4 Å². The van der Waals surface area contributed by atoms with Gasteiger partial charge in [0.2, 0.25) is 5.91 Å². The fourth-order valence-corrected chi connectivity index (χ4v) is 5.05. The highest BCUT2D eigenvalue weighted by molar-refractivity contribution is 8.00. The van der Waals surface area contributed by atoms with E-state index in [4.69, 9.17) is 15.2 Å². The van der Waals surface area contributed by atoms with Crippen molar-refractivity contribution < 1.29 is 23.9 Å². The molecular formula is C21H26N2O5S2. The largest absolute Gasteiger partial charge is 0.460 e. The fraction of sp³-hybridized carbons (Fsp3) is 0.381. The number of esters is 1. The number of thiophene rings is 1. The maximum Gasteiger partial charge on any atom is 0.341 e. The smallest absolute Gasteiger partial charge is 0.341 e. The number of aryl methyl sites for hydroxylation is 3. The lowest BCUT2D eigenvalue weighted by Gasteiger charge is -2.11.